The smallest absolute Gasteiger partial charge is 0.138 e. The zero-order chi connectivity index (χ0) is 20.1. The van der Waals surface area contributed by atoms with E-state index in [1.165, 1.54) is 6.20 Å². The molecule has 0 aliphatic rings. The molecule has 0 unspecified atom stereocenters. The molecule has 0 atom stereocenters. The van der Waals surface area contributed by atoms with Crippen molar-refractivity contribution in [1.82, 2.24) is 30.1 Å². The Bertz CT molecular complexity index is 1510. The number of nitrogens with zero attached hydrogens (tertiary/aromatic N) is 4. The van der Waals surface area contributed by atoms with Gasteiger partial charge < -0.3 is 14.5 Å². The van der Waals surface area contributed by atoms with Crippen molar-refractivity contribution in [1.29, 1.82) is 0 Å². The lowest BCUT2D eigenvalue weighted by Crippen LogP contribution is -1.87. The van der Waals surface area contributed by atoms with E-state index < -0.39 is 0 Å². The highest BCUT2D eigenvalue weighted by molar-refractivity contribution is 5.98. The van der Waals surface area contributed by atoms with Gasteiger partial charge in [-0.3, -0.25) is 10.1 Å². The number of nitrogens with one attached hydrogen (secondary N) is 2. The van der Waals surface area contributed by atoms with Crippen molar-refractivity contribution in [3.05, 3.63) is 67.5 Å². The van der Waals surface area contributed by atoms with Gasteiger partial charge >= 0.3 is 0 Å². The summed E-state index contributed by atoms with van der Waals surface area (Å²) in [6, 6.07) is 11.3. The molecule has 3 N–H and O–H groups in total. The van der Waals surface area contributed by atoms with Crippen LogP contribution in [0.15, 0.2) is 71.9 Å². The molecule has 6 aromatic heterocycles. The van der Waals surface area contributed by atoms with Gasteiger partial charge in [0.2, 0.25) is 0 Å². The molecule has 8 heteroatoms. The highest BCUT2D eigenvalue weighted by atomic mass is 16.3. The lowest BCUT2D eigenvalue weighted by Gasteiger charge is -2.01. The van der Waals surface area contributed by atoms with Crippen molar-refractivity contribution in [2.45, 2.75) is 0 Å². The van der Waals surface area contributed by atoms with E-state index in [1.807, 2.05) is 30.3 Å². The maximum absolute atomic E-state index is 9.74. The summed E-state index contributed by atoms with van der Waals surface area (Å²) >= 11 is 0. The van der Waals surface area contributed by atoms with Gasteiger partial charge in [0.05, 0.1) is 35.6 Å². The van der Waals surface area contributed by atoms with E-state index in [0.717, 1.165) is 38.9 Å². The van der Waals surface area contributed by atoms with Gasteiger partial charge in [0.15, 0.2) is 0 Å². The summed E-state index contributed by atoms with van der Waals surface area (Å²) in [5.41, 5.74) is 7.21. The van der Waals surface area contributed by atoms with Crippen LogP contribution >= 0.6 is 0 Å². The Labute approximate surface area is 169 Å². The molecule has 30 heavy (non-hydrogen) atoms. The third kappa shape index (κ3) is 2.55. The summed E-state index contributed by atoms with van der Waals surface area (Å²) in [6.45, 7) is 0. The van der Waals surface area contributed by atoms with E-state index in [4.69, 9.17) is 9.40 Å². The van der Waals surface area contributed by atoms with Gasteiger partial charge in [-0.15, -0.1) is 0 Å². The number of hydrogen-bond donors (Lipinski definition) is 3. The summed E-state index contributed by atoms with van der Waals surface area (Å²) in [5.74, 6) is 0.0929. The normalized spacial score (nSPS) is 11.5. The maximum atomic E-state index is 9.74. The molecule has 8 nitrogen and oxygen atoms in total. The zero-order valence-electron chi connectivity index (χ0n) is 15.5. The second-order valence-corrected chi connectivity index (χ2v) is 6.91. The van der Waals surface area contributed by atoms with Gasteiger partial charge in [0, 0.05) is 28.9 Å². The summed E-state index contributed by atoms with van der Waals surface area (Å²) < 4.78 is 5.24. The molecule has 0 saturated carbocycles. The molecular weight excluding hydrogens is 380 g/mol. The van der Waals surface area contributed by atoms with Crippen LogP contribution in [0.5, 0.6) is 5.75 Å². The Kier molecular flexibility index (Phi) is 3.45. The van der Waals surface area contributed by atoms with Crippen LogP contribution in [-0.4, -0.2) is 35.2 Å². The number of rotatable bonds is 3. The minimum atomic E-state index is 0.0929. The van der Waals surface area contributed by atoms with E-state index in [9.17, 15) is 5.11 Å². The summed E-state index contributed by atoms with van der Waals surface area (Å²) in [7, 11) is 0. The van der Waals surface area contributed by atoms with Crippen LogP contribution in [0.4, 0.5) is 0 Å². The minimum Gasteiger partial charge on any atom is -0.506 e. The Morgan fingerprint density at radius 1 is 1.00 bits per heavy atom. The molecule has 144 valence electrons. The Hall–Kier alpha value is -4.46. The molecule has 0 radical (unpaired) electrons. The van der Waals surface area contributed by atoms with E-state index in [1.54, 1.807) is 31.0 Å². The number of aromatic hydroxyl groups is 1. The monoisotopic (exact) mass is 394 g/mol. The largest absolute Gasteiger partial charge is 0.506 e. The minimum absolute atomic E-state index is 0.0929. The molecule has 0 fully saturated rings. The van der Waals surface area contributed by atoms with Crippen molar-refractivity contribution < 1.29 is 9.52 Å². The number of H-pyrrole nitrogens is 2. The van der Waals surface area contributed by atoms with Gasteiger partial charge in [0.25, 0.3) is 0 Å². The number of fused-ring (bicyclic) bond motifs is 2. The first-order valence-electron chi connectivity index (χ1n) is 9.26. The fraction of sp³-hybridized carbons (Fsp3) is 0. The standard InChI is InChI=1S/C22H14N6O2/c29-14-7-13(9-23-10-14)17-1-2-18-20(25-17)21(28-27-18)19-8-16-15(12-4-6-30-11-12)3-5-24-22(16)26-19/h1-11,29H,(H,24,26)(H,27,28). The van der Waals surface area contributed by atoms with E-state index in [2.05, 4.69) is 25.1 Å². The molecule has 0 spiro atoms. The van der Waals surface area contributed by atoms with E-state index >= 15 is 0 Å². The van der Waals surface area contributed by atoms with Crippen LogP contribution in [0.25, 0.3) is 55.8 Å². The molecule has 0 bridgehead atoms. The topological polar surface area (TPSA) is 117 Å². The molecule has 6 aromatic rings. The highest BCUT2D eigenvalue weighted by Crippen LogP contribution is 2.33. The van der Waals surface area contributed by atoms with Crippen LogP contribution in [0.3, 0.4) is 0 Å². The van der Waals surface area contributed by atoms with Crippen molar-refractivity contribution in [2.24, 2.45) is 0 Å². The molecule has 0 saturated heterocycles. The van der Waals surface area contributed by atoms with Crippen LogP contribution in [0, 0.1) is 0 Å². The molecule has 6 rings (SSSR count). The summed E-state index contributed by atoms with van der Waals surface area (Å²) in [5, 5.41) is 18.2. The van der Waals surface area contributed by atoms with Crippen molar-refractivity contribution in [2.75, 3.05) is 0 Å². The first kappa shape index (κ1) is 16.5. The zero-order valence-corrected chi connectivity index (χ0v) is 15.5. The lowest BCUT2D eigenvalue weighted by atomic mass is 10.1. The van der Waals surface area contributed by atoms with Crippen LogP contribution in [0.1, 0.15) is 0 Å². The second-order valence-electron chi connectivity index (χ2n) is 6.91. The van der Waals surface area contributed by atoms with Crippen molar-refractivity contribution in [3.63, 3.8) is 0 Å². The summed E-state index contributed by atoms with van der Waals surface area (Å²) in [4.78, 5) is 16.6. The van der Waals surface area contributed by atoms with Gasteiger partial charge in [-0.2, -0.15) is 5.10 Å². The number of pyridine rings is 3. The quantitative estimate of drug-likeness (QED) is 0.406. The number of aromatic amines is 2. The van der Waals surface area contributed by atoms with E-state index in [-0.39, 0.29) is 5.75 Å². The third-order valence-corrected chi connectivity index (χ3v) is 5.05. The molecular formula is C22H14N6O2. The number of aromatic nitrogens is 6. The fourth-order valence-electron chi connectivity index (χ4n) is 3.64. The predicted octanol–water partition coefficient (Wildman–Crippen LogP) is 4.53. The van der Waals surface area contributed by atoms with Crippen LogP contribution < -0.4 is 0 Å². The van der Waals surface area contributed by atoms with Crippen LogP contribution in [-0.2, 0) is 0 Å². The van der Waals surface area contributed by atoms with E-state index in [0.29, 0.717) is 16.9 Å². The third-order valence-electron chi connectivity index (χ3n) is 5.05. The van der Waals surface area contributed by atoms with Crippen molar-refractivity contribution in [3.8, 4) is 39.5 Å². The van der Waals surface area contributed by atoms with Gasteiger partial charge in [-0.1, -0.05) is 0 Å². The highest BCUT2D eigenvalue weighted by Gasteiger charge is 2.16. The average molecular weight is 394 g/mol. The Morgan fingerprint density at radius 3 is 2.83 bits per heavy atom. The SMILES string of the molecule is Oc1cncc(-c2ccc3[nH]nc(-c4cc5c(-c6ccoc6)ccnc5[nH]4)c3n2)c1. The number of hydrogen-bond acceptors (Lipinski definition) is 6. The second kappa shape index (κ2) is 6.28. The van der Waals surface area contributed by atoms with Crippen molar-refractivity contribution >= 4 is 22.1 Å². The number of furan rings is 1. The van der Waals surface area contributed by atoms with Crippen LogP contribution in [0.2, 0.25) is 0 Å². The maximum Gasteiger partial charge on any atom is 0.138 e. The first-order valence-corrected chi connectivity index (χ1v) is 9.26. The molecule has 6 heterocycles. The Morgan fingerprint density at radius 2 is 1.97 bits per heavy atom. The van der Waals surface area contributed by atoms with Gasteiger partial charge in [-0.05, 0) is 42.0 Å². The molecule has 0 aliphatic heterocycles. The lowest BCUT2D eigenvalue weighted by molar-refractivity contribution is 0.473. The summed E-state index contributed by atoms with van der Waals surface area (Å²) in [6.07, 6.45) is 8.18. The molecule has 0 aromatic carbocycles. The van der Waals surface area contributed by atoms with Gasteiger partial charge in [-0.25, -0.2) is 9.97 Å². The average Bonchev–Trinajstić information content (AvgIpc) is 3.51. The molecule has 0 amide bonds. The first-order chi connectivity index (χ1) is 14.8. The molecule has 0 aliphatic carbocycles. The predicted molar refractivity (Wildman–Crippen MR) is 112 cm³/mol. The Balaban J connectivity index is 1.52. The fourth-order valence-corrected chi connectivity index (χ4v) is 3.64. The van der Waals surface area contributed by atoms with Gasteiger partial charge in [0.1, 0.15) is 22.6 Å².